The Balaban J connectivity index is 2.05. The first-order valence-electron chi connectivity index (χ1n) is 6.45. The highest BCUT2D eigenvalue weighted by molar-refractivity contribution is 5.52. The molecule has 1 aliphatic carbocycles. The number of hydrogen-bond acceptors (Lipinski definition) is 2. The largest absolute Gasteiger partial charge is 0.328 e. The highest BCUT2D eigenvalue weighted by Gasteiger charge is 2.24. The molecule has 2 heterocycles. The molecular formula is C14H19N3. The van der Waals surface area contributed by atoms with Gasteiger partial charge in [-0.05, 0) is 38.3 Å². The second kappa shape index (κ2) is 4.15. The molecule has 2 aromatic rings. The first kappa shape index (κ1) is 10.8. The first-order chi connectivity index (χ1) is 8.25. The van der Waals surface area contributed by atoms with Crippen LogP contribution in [0.25, 0.3) is 5.52 Å². The third-order valence-corrected chi connectivity index (χ3v) is 3.84. The van der Waals surface area contributed by atoms with Crippen LogP contribution in [-0.2, 0) is 0 Å². The average Bonchev–Trinajstić information content (AvgIpc) is 2.68. The van der Waals surface area contributed by atoms with Crippen LogP contribution in [0.3, 0.4) is 0 Å². The number of nitrogens with two attached hydrogens (primary N) is 1. The van der Waals surface area contributed by atoms with E-state index in [-0.39, 0.29) is 0 Å². The Hall–Kier alpha value is -1.35. The molecule has 1 fully saturated rings. The number of aromatic nitrogens is 2. The van der Waals surface area contributed by atoms with Crippen molar-refractivity contribution in [3.63, 3.8) is 0 Å². The minimum absolute atomic E-state index is 0.352. The maximum Gasteiger partial charge on any atom is 0.116 e. The summed E-state index contributed by atoms with van der Waals surface area (Å²) in [4.78, 5) is 4.76. The molecule has 17 heavy (non-hydrogen) atoms. The van der Waals surface area contributed by atoms with Crippen LogP contribution in [0, 0.1) is 6.92 Å². The molecule has 0 saturated heterocycles. The summed E-state index contributed by atoms with van der Waals surface area (Å²) < 4.78 is 2.23. The monoisotopic (exact) mass is 229 g/mol. The molecule has 3 heteroatoms. The summed E-state index contributed by atoms with van der Waals surface area (Å²) >= 11 is 0. The third kappa shape index (κ3) is 1.84. The fraction of sp³-hybridized carbons (Fsp3) is 0.500. The van der Waals surface area contributed by atoms with Gasteiger partial charge in [-0.25, -0.2) is 4.98 Å². The third-order valence-electron chi connectivity index (χ3n) is 3.84. The van der Waals surface area contributed by atoms with Crippen molar-refractivity contribution in [1.82, 2.24) is 9.38 Å². The van der Waals surface area contributed by atoms with Crippen molar-refractivity contribution in [3.05, 3.63) is 35.9 Å². The van der Waals surface area contributed by atoms with E-state index in [1.807, 2.05) is 0 Å². The van der Waals surface area contributed by atoms with Gasteiger partial charge in [0, 0.05) is 18.2 Å². The zero-order valence-corrected chi connectivity index (χ0v) is 10.3. The molecule has 2 N–H and O–H groups in total. The summed E-state index contributed by atoms with van der Waals surface area (Å²) in [5, 5.41) is 0. The van der Waals surface area contributed by atoms with Gasteiger partial charge < -0.3 is 10.1 Å². The molecule has 0 aromatic carbocycles. The normalized spacial score (nSPS) is 25.3. The van der Waals surface area contributed by atoms with Gasteiger partial charge in [0.05, 0.1) is 11.2 Å². The van der Waals surface area contributed by atoms with E-state index in [4.69, 9.17) is 10.7 Å². The van der Waals surface area contributed by atoms with Gasteiger partial charge in [-0.2, -0.15) is 0 Å². The minimum Gasteiger partial charge on any atom is -0.328 e. The quantitative estimate of drug-likeness (QED) is 0.817. The van der Waals surface area contributed by atoms with Crippen LogP contribution in [-0.4, -0.2) is 15.4 Å². The van der Waals surface area contributed by atoms with Crippen LogP contribution >= 0.6 is 0 Å². The minimum atomic E-state index is 0.352. The number of fused-ring (bicyclic) bond motifs is 1. The van der Waals surface area contributed by atoms with Gasteiger partial charge in [0.15, 0.2) is 0 Å². The van der Waals surface area contributed by atoms with Crippen molar-refractivity contribution < 1.29 is 0 Å². The standard InChI is InChI=1S/C14H19N3/c1-10-13-7-2-3-8-17(13)14(16-10)11-5-4-6-12(15)9-11/h2-3,7-8,11-12H,4-6,9,15H2,1H3/t11-,12+/m0/s1. The molecule has 0 amide bonds. The Morgan fingerprint density at radius 3 is 3.06 bits per heavy atom. The number of nitrogens with zero attached hydrogens (tertiary/aromatic N) is 2. The fourth-order valence-corrected chi connectivity index (χ4v) is 2.97. The summed E-state index contributed by atoms with van der Waals surface area (Å²) in [6.45, 7) is 2.08. The molecule has 0 unspecified atom stereocenters. The molecule has 3 rings (SSSR count). The molecule has 3 nitrogen and oxygen atoms in total. The van der Waals surface area contributed by atoms with Crippen molar-refractivity contribution in [2.24, 2.45) is 5.73 Å². The van der Waals surface area contributed by atoms with Crippen LogP contribution in [0.1, 0.15) is 43.1 Å². The summed E-state index contributed by atoms with van der Waals surface area (Å²) in [6, 6.07) is 6.63. The molecular weight excluding hydrogens is 210 g/mol. The molecule has 2 atom stereocenters. The number of aryl methyl sites for hydroxylation is 1. The first-order valence-corrected chi connectivity index (χ1v) is 6.45. The molecule has 0 bridgehead atoms. The van der Waals surface area contributed by atoms with Gasteiger partial charge >= 0.3 is 0 Å². The van der Waals surface area contributed by atoms with Crippen molar-refractivity contribution in [2.75, 3.05) is 0 Å². The van der Waals surface area contributed by atoms with Gasteiger partial charge in [-0.3, -0.25) is 0 Å². The van der Waals surface area contributed by atoms with Crippen LogP contribution in [0.2, 0.25) is 0 Å². The van der Waals surface area contributed by atoms with Gasteiger partial charge in [-0.1, -0.05) is 12.5 Å². The SMILES string of the molecule is Cc1nc([C@H]2CCC[C@@H](N)C2)n2ccccc12. The smallest absolute Gasteiger partial charge is 0.116 e. The topological polar surface area (TPSA) is 43.3 Å². The summed E-state index contributed by atoms with van der Waals surface area (Å²) in [5.41, 5.74) is 8.42. The van der Waals surface area contributed by atoms with Gasteiger partial charge in [0.1, 0.15) is 5.82 Å². The van der Waals surface area contributed by atoms with Gasteiger partial charge in [0.2, 0.25) is 0 Å². The fourth-order valence-electron chi connectivity index (χ4n) is 2.97. The lowest BCUT2D eigenvalue weighted by molar-refractivity contribution is 0.381. The van der Waals surface area contributed by atoms with E-state index in [0.29, 0.717) is 12.0 Å². The van der Waals surface area contributed by atoms with Crippen LogP contribution in [0.5, 0.6) is 0 Å². The molecule has 0 aliphatic heterocycles. The highest BCUT2D eigenvalue weighted by Crippen LogP contribution is 2.32. The van der Waals surface area contributed by atoms with Gasteiger partial charge in [0.25, 0.3) is 0 Å². The van der Waals surface area contributed by atoms with Gasteiger partial charge in [-0.15, -0.1) is 0 Å². The second-order valence-electron chi connectivity index (χ2n) is 5.13. The molecule has 0 radical (unpaired) electrons. The Kier molecular flexibility index (Phi) is 2.63. The lowest BCUT2D eigenvalue weighted by Gasteiger charge is -2.25. The molecule has 1 saturated carbocycles. The zero-order valence-electron chi connectivity index (χ0n) is 10.3. The van der Waals surface area contributed by atoms with Crippen LogP contribution in [0.4, 0.5) is 0 Å². The number of rotatable bonds is 1. The Morgan fingerprint density at radius 2 is 2.24 bits per heavy atom. The lowest BCUT2D eigenvalue weighted by atomic mass is 9.85. The van der Waals surface area contributed by atoms with E-state index in [1.54, 1.807) is 0 Å². The predicted octanol–water partition coefficient (Wildman–Crippen LogP) is 2.63. The van der Waals surface area contributed by atoms with Crippen molar-refractivity contribution in [3.8, 4) is 0 Å². The molecule has 1 aliphatic rings. The predicted molar refractivity (Wildman–Crippen MR) is 69.1 cm³/mol. The van der Waals surface area contributed by atoms with Crippen molar-refractivity contribution in [2.45, 2.75) is 44.6 Å². The summed E-state index contributed by atoms with van der Waals surface area (Å²) in [6.07, 6.45) is 6.81. The van der Waals surface area contributed by atoms with Crippen LogP contribution in [0.15, 0.2) is 24.4 Å². The highest BCUT2D eigenvalue weighted by atomic mass is 15.0. The van der Waals surface area contributed by atoms with E-state index in [2.05, 4.69) is 35.7 Å². The number of imidazole rings is 1. The number of hydrogen-bond donors (Lipinski definition) is 1. The Bertz CT molecular complexity index is 529. The van der Waals surface area contributed by atoms with Crippen molar-refractivity contribution in [1.29, 1.82) is 0 Å². The Labute approximate surface area is 102 Å². The summed E-state index contributed by atoms with van der Waals surface area (Å²) in [7, 11) is 0. The molecule has 0 spiro atoms. The average molecular weight is 229 g/mol. The van der Waals surface area contributed by atoms with Crippen molar-refractivity contribution >= 4 is 5.52 Å². The number of pyridine rings is 1. The molecule has 90 valence electrons. The maximum absolute atomic E-state index is 6.08. The lowest BCUT2D eigenvalue weighted by Crippen LogP contribution is -2.27. The van der Waals surface area contributed by atoms with E-state index in [9.17, 15) is 0 Å². The van der Waals surface area contributed by atoms with E-state index < -0.39 is 0 Å². The zero-order chi connectivity index (χ0) is 11.8. The van der Waals surface area contributed by atoms with E-state index in [1.165, 1.54) is 30.6 Å². The Morgan fingerprint density at radius 1 is 1.35 bits per heavy atom. The molecule has 2 aromatic heterocycles. The maximum atomic E-state index is 6.08. The van der Waals surface area contributed by atoms with E-state index in [0.717, 1.165) is 12.1 Å². The van der Waals surface area contributed by atoms with Crippen LogP contribution < -0.4 is 5.73 Å². The van der Waals surface area contributed by atoms with E-state index >= 15 is 0 Å². The summed E-state index contributed by atoms with van der Waals surface area (Å²) in [5.74, 6) is 1.73. The second-order valence-corrected chi connectivity index (χ2v) is 5.13.